The molecule has 1 nitrogen and oxygen atoms in total. The molecule has 76 heavy (non-hydrogen) atoms. The van der Waals surface area contributed by atoms with Gasteiger partial charge in [0.15, 0.2) is 0 Å². The van der Waals surface area contributed by atoms with Gasteiger partial charge in [-0.05, 0) is 118 Å². The molecule has 1 aliphatic carbocycles. The Balaban J connectivity index is 1.09. The van der Waals surface area contributed by atoms with Crippen LogP contribution in [0.1, 0.15) is 22.3 Å². The fraction of sp³-hybridized carbons (Fsp3) is 0.0133. The highest BCUT2D eigenvalue weighted by Gasteiger charge is 2.46. The van der Waals surface area contributed by atoms with Crippen LogP contribution >= 0.6 is 0 Å². The number of para-hydroxylation sites is 2. The lowest BCUT2D eigenvalue weighted by Gasteiger charge is -2.36. The summed E-state index contributed by atoms with van der Waals surface area (Å²) in [5, 5.41) is 4.92. The van der Waals surface area contributed by atoms with E-state index < -0.39 is 5.41 Å². The topological polar surface area (TPSA) is 3.24 Å². The van der Waals surface area contributed by atoms with Crippen molar-refractivity contribution < 1.29 is 0 Å². The standard InChI is InChI=1S/C75H51N/c1-7-26-52(27-8-1)61-42-25-43-62(53-28-9-2-10-29-53)74(61)76(59-47-49-66-65-40-21-23-44-69(65)75(70(66)51-59,57-34-15-5-16-35-57)58-36-17-6-18-37-58)71-45-24-22-38-60(71)56-46-48-64-63-39-19-20-41-67(63)72(54-30-11-3-12-31-54)73(68(64)50-56)55-32-13-4-14-33-55/h1-51H. The average molecular weight is 966 g/mol. The number of nitrogens with zero attached hydrogens (tertiary/aromatic N) is 1. The predicted molar refractivity (Wildman–Crippen MR) is 321 cm³/mol. The number of hydrogen-bond donors (Lipinski definition) is 0. The Hall–Kier alpha value is -9.82. The Labute approximate surface area is 444 Å². The second-order valence-electron chi connectivity index (χ2n) is 19.8. The van der Waals surface area contributed by atoms with E-state index in [0.29, 0.717) is 0 Å². The molecule has 0 unspecified atom stereocenters. The molecule has 13 aromatic rings. The van der Waals surface area contributed by atoms with Gasteiger partial charge in [0.1, 0.15) is 0 Å². The van der Waals surface area contributed by atoms with Crippen LogP contribution in [0.2, 0.25) is 0 Å². The fourth-order valence-electron chi connectivity index (χ4n) is 12.5. The third-order valence-corrected chi connectivity index (χ3v) is 15.7. The molecule has 0 aliphatic heterocycles. The van der Waals surface area contributed by atoms with Gasteiger partial charge in [-0.25, -0.2) is 0 Å². The fourth-order valence-corrected chi connectivity index (χ4v) is 12.5. The van der Waals surface area contributed by atoms with Crippen LogP contribution in [0.4, 0.5) is 17.1 Å². The molecule has 0 saturated heterocycles. The molecule has 0 radical (unpaired) electrons. The van der Waals surface area contributed by atoms with Gasteiger partial charge < -0.3 is 4.90 Å². The van der Waals surface area contributed by atoms with E-state index in [4.69, 9.17) is 0 Å². The Morgan fingerprint density at radius 3 is 1.26 bits per heavy atom. The molecule has 0 fully saturated rings. The van der Waals surface area contributed by atoms with Crippen molar-refractivity contribution in [2.75, 3.05) is 4.90 Å². The molecule has 1 heteroatoms. The molecule has 13 aromatic carbocycles. The lowest BCUT2D eigenvalue weighted by molar-refractivity contribution is 0.768. The van der Waals surface area contributed by atoms with E-state index in [2.05, 4.69) is 314 Å². The summed E-state index contributed by atoms with van der Waals surface area (Å²) < 4.78 is 0. The van der Waals surface area contributed by atoms with Gasteiger partial charge >= 0.3 is 0 Å². The van der Waals surface area contributed by atoms with Crippen LogP contribution in [0.15, 0.2) is 309 Å². The Bertz CT molecular complexity index is 4150. The normalized spacial score (nSPS) is 12.3. The summed E-state index contributed by atoms with van der Waals surface area (Å²) >= 11 is 0. The molecule has 0 atom stereocenters. The Kier molecular flexibility index (Phi) is 11.2. The van der Waals surface area contributed by atoms with Crippen LogP contribution in [-0.4, -0.2) is 0 Å². The second kappa shape index (κ2) is 18.9. The molecule has 0 heterocycles. The molecule has 0 spiro atoms. The average Bonchev–Trinajstić information content (AvgIpc) is 3.91. The summed E-state index contributed by atoms with van der Waals surface area (Å²) in [5.74, 6) is 0. The van der Waals surface area contributed by atoms with Gasteiger partial charge in [-0.2, -0.15) is 0 Å². The number of benzene rings is 13. The van der Waals surface area contributed by atoms with Crippen molar-refractivity contribution in [1.29, 1.82) is 0 Å². The van der Waals surface area contributed by atoms with Crippen LogP contribution in [0.25, 0.3) is 88.3 Å². The van der Waals surface area contributed by atoms with Crippen molar-refractivity contribution in [3.63, 3.8) is 0 Å². The minimum Gasteiger partial charge on any atom is -0.309 e. The van der Waals surface area contributed by atoms with Crippen molar-refractivity contribution in [3.8, 4) is 66.8 Å². The molecule has 0 bridgehead atoms. The summed E-state index contributed by atoms with van der Waals surface area (Å²) in [7, 11) is 0. The van der Waals surface area contributed by atoms with E-state index in [1.54, 1.807) is 0 Å². The molecule has 14 rings (SSSR count). The van der Waals surface area contributed by atoms with Gasteiger partial charge in [0.25, 0.3) is 0 Å². The van der Waals surface area contributed by atoms with Gasteiger partial charge in [-0.15, -0.1) is 0 Å². The van der Waals surface area contributed by atoms with Crippen molar-refractivity contribution in [1.82, 2.24) is 0 Å². The molecule has 1 aliphatic rings. The quantitative estimate of drug-likeness (QED) is 0.123. The van der Waals surface area contributed by atoms with Gasteiger partial charge in [0.2, 0.25) is 0 Å². The van der Waals surface area contributed by atoms with E-state index in [-0.39, 0.29) is 0 Å². The molecular formula is C75H51N. The first-order valence-electron chi connectivity index (χ1n) is 26.3. The van der Waals surface area contributed by atoms with E-state index in [1.807, 2.05) is 0 Å². The smallest absolute Gasteiger partial charge is 0.0714 e. The molecule has 0 amide bonds. The SMILES string of the molecule is c1ccc(-c2cccc(-c3ccccc3)c2N(c2ccc3c(c2)C(c2ccccc2)(c2ccccc2)c2ccccc2-3)c2ccccc2-c2ccc3c(c2)c(-c2ccccc2)c(-c2ccccc2)c2ccccc23)cc1. The van der Waals surface area contributed by atoms with Crippen molar-refractivity contribution in [3.05, 3.63) is 332 Å². The van der Waals surface area contributed by atoms with E-state index >= 15 is 0 Å². The predicted octanol–water partition coefficient (Wildman–Crippen LogP) is 20.2. The third kappa shape index (κ3) is 7.31. The monoisotopic (exact) mass is 965 g/mol. The molecular weight excluding hydrogens is 915 g/mol. The second-order valence-corrected chi connectivity index (χ2v) is 19.8. The molecule has 0 saturated carbocycles. The zero-order valence-corrected chi connectivity index (χ0v) is 41.9. The van der Waals surface area contributed by atoms with Crippen LogP contribution in [0.5, 0.6) is 0 Å². The first-order valence-corrected chi connectivity index (χ1v) is 26.3. The maximum absolute atomic E-state index is 2.57. The van der Waals surface area contributed by atoms with Gasteiger partial charge in [0.05, 0.1) is 16.8 Å². The number of rotatable bonds is 10. The highest BCUT2D eigenvalue weighted by atomic mass is 15.2. The number of fused-ring (bicyclic) bond motifs is 6. The molecule has 356 valence electrons. The summed E-state index contributed by atoms with van der Waals surface area (Å²) in [5.41, 5.74) is 21.9. The van der Waals surface area contributed by atoms with Crippen molar-refractivity contribution >= 4 is 38.6 Å². The zero-order chi connectivity index (χ0) is 50.4. The number of hydrogen-bond acceptors (Lipinski definition) is 1. The zero-order valence-electron chi connectivity index (χ0n) is 41.9. The van der Waals surface area contributed by atoms with Crippen LogP contribution in [0, 0.1) is 0 Å². The van der Waals surface area contributed by atoms with Crippen LogP contribution < -0.4 is 4.90 Å². The summed E-state index contributed by atoms with van der Waals surface area (Å²) in [6.45, 7) is 0. The highest BCUT2D eigenvalue weighted by Crippen LogP contribution is 2.58. The van der Waals surface area contributed by atoms with Gasteiger partial charge in [-0.3, -0.25) is 0 Å². The maximum atomic E-state index is 2.57. The molecule has 0 aromatic heterocycles. The van der Waals surface area contributed by atoms with Crippen molar-refractivity contribution in [2.24, 2.45) is 0 Å². The first kappa shape index (κ1) is 44.8. The number of anilines is 3. The lowest BCUT2D eigenvalue weighted by atomic mass is 9.67. The summed E-state index contributed by atoms with van der Waals surface area (Å²) in [4.78, 5) is 2.57. The molecule has 0 N–H and O–H groups in total. The Morgan fingerprint density at radius 2 is 0.671 bits per heavy atom. The highest BCUT2D eigenvalue weighted by molar-refractivity contribution is 6.22. The van der Waals surface area contributed by atoms with Crippen molar-refractivity contribution in [2.45, 2.75) is 5.41 Å². The minimum absolute atomic E-state index is 0.595. The Morgan fingerprint density at radius 1 is 0.237 bits per heavy atom. The largest absolute Gasteiger partial charge is 0.309 e. The lowest BCUT2D eigenvalue weighted by Crippen LogP contribution is -2.28. The van der Waals surface area contributed by atoms with E-state index in [0.717, 1.165) is 50.4 Å². The summed E-state index contributed by atoms with van der Waals surface area (Å²) in [6, 6.07) is 114. The van der Waals surface area contributed by atoms with Crippen LogP contribution in [-0.2, 0) is 5.41 Å². The minimum atomic E-state index is -0.595. The van der Waals surface area contributed by atoms with Gasteiger partial charge in [-0.1, -0.05) is 285 Å². The van der Waals surface area contributed by atoms with E-state index in [9.17, 15) is 0 Å². The van der Waals surface area contributed by atoms with Crippen LogP contribution in [0.3, 0.4) is 0 Å². The maximum Gasteiger partial charge on any atom is 0.0714 e. The van der Waals surface area contributed by atoms with Gasteiger partial charge in [0, 0.05) is 22.4 Å². The summed E-state index contributed by atoms with van der Waals surface area (Å²) in [6.07, 6.45) is 0. The first-order chi connectivity index (χ1) is 37.8. The third-order valence-electron chi connectivity index (χ3n) is 15.7. The van der Waals surface area contributed by atoms with E-state index in [1.165, 1.54) is 77.2 Å².